The van der Waals surface area contributed by atoms with Crippen LogP contribution in [0.5, 0.6) is 0 Å². The molecule has 18 heavy (non-hydrogen) atoms. The Kier molecular flexibility index (Phi) is 3.41. The van der Waals surface area contributed by atoms with Crippen molar-refractivity contribution in [3.05, 3.63) is 28.0 Å². The number of nitrogens with one attached hydrogen (secondary N) is 1. The van der Waals surface area contributed by atoms with Crippen molar-refractivity contribution in [2.45, 2.75) is 19.4 Å². The molecule has 1 atom stereocenters. The number of rotatable bonds is 3. The van der Waals surface area contributed by atoms with Crippen molar-refractivity contribution in [2.24, 2.45) is 5.92 Å². The van der Waals surface area contributed by atoms with Crippen LogP contribution in [0.3, 0.4) is 0 Å². The van der Waals surface area contributed by atoms with Crippen molar-refractivity contribution in [1.82, 2.24) is 9.55 Å². The normalized spacial score (nSPS) is 19.7. The molecule has 0 radical (unpaired) electrons. The highest BCUT2D eigenvalue weighted by Gasteiger charge is 2.16. The number of fused-ring (bicyclic) bond motifs is 1. The molecule has 0 aliphatic carbocycles. The van der Waals surface area contributed by atoms with Gasteiger partial charge in [-0.05, 0) is 43.1 Å². The second-order valence-electron chi connectivity index (χ2n) is 4.74. The second-order valence-corrected chi connectivity index (χ2v) is 5.53. The van der Waals surface area contributed by atoms with Crippen LogP contribution in [0, 0.1) is 10.7 Å². The van der Waals surface area contributed by atoms with Gasteiger partial charge < -0.3 is 14.3 Å². The first-order valence-electron chi connectivity index (χ1n) is 6.20. The Labute approximate surface area is 116 Å². The molecule has 1 N–H and O–H groups in total. The van der Waals surface area contributed by atoms with Crippen LogP contribution in [0.4, 0.5) is 0 Å². The molecule has 0 spiro atoms. The van der Waals surface area contributed by atoms with Crippen LogP contribution in [0.25, 0.3) is 11.0 Å². The van der Waals surface area contributed by atoms with Crippen LogP contribution in [-0.2, 0) is 11.3 Å². The molecule has 0 saturated carbocycles. The van der Waals surface area contributed by atoms with E-state index in [1.807, 2.05) is 18.2 Å². The fourth-order valence-electron chi connectivity index (χ4n) is 2.51. The second kappa shape index (κ2) is 5.03. The number of hydrogen-bond acceptors (Lipinski definition) is 2. The largest absolute Gasteiger partial charge is 0.381 e. The molecule has 1 aliphatic rings. The van der Waals surface area contributed by atoms with Crippen LogP contribution in [0.2, 0.25) is 5.02 Å². The highest BCUT2D eigenvalue weighted by molar-refractivity contribution is 7.71. The van der Waals surface area contributed by atoms with Crippen LogP contribution in [0.1, 0.15) is 12.8 Å². The minimum atomic E-state index is 0.652. The first kappa shape index (κ1) is 12.2. The maximum Gasteiger partial charge on any atom is 0.178 e. The predicted molar refractivity (Wildman–Crippen MR) is 75.7 cm³/mol. The molecule has 5 heteroatoms. The van der Waals surface area contributed by atoms with Gasteiger partial charge in [0.15, 0.2) is 4.77 Å². The van der Waals surface area contributed by atoms with E-state index < -0.39 is 0 Å². The summed E-state index contributed by atoms with van der Waals surface area (Å²) in [5, 5.41) is 0.752. The number of H-pyrrole nitrogens is 1. The highest BCUT2D eigenvalue weighted by Crippen LogP contribution is 2.25. The number of ether oxygens (including phenoxy) is 1. The monoisotopic (exact) mass is 282 g/mol. The van der Waals surface area contributed by atoms with Gasteiger partial charge in [-0.25, -0.2) is 0 Å². The summed E-state index contributed by atoms with van der Waals surface area (Å²) in [7, 11) is 0. The number of benzene rings is 1. The number of halogens is 1. The van der Waals surface area contributed by atoms with E-state index >= 15 is 0 Å². The predicted octanol–water partition coefficient (Wildman–Crippen LogP) is 3.78. The molecule has 1 saturated heterocycles. The minimum absolute atomic E-state index is 0.652. The Bertz CT molecular complexity index is 613. The standard InChI is InChI=1S/C13H15ClN2OS/c14-10-2-1-3-11-12(10)16(13(18)15-11)6-4-9-5-7-17-8-9/h1-3,9H,4-8H2,(H,15,18). The van der Waals surface area contributed by atoms with E-state index in [4.69, 9.17) is 28.6 Å². The average Bonchev–Trinajstić information content (AvgIpc) is 2.94. The minimum Gasteiger partial charge on any atom is -0.381 e. The van der Waals surface area contributed by atoms with Gasteiger partial charge in [0.05, 0.1) is 16.1 Å². The molecule has 3 rings (SSSR count). The lowest BCUT2D eigenvalue weighted by molar-refractivity contribution is 0.183. The van der Waals surface area contributed by atoms with E-state index in [0.29, 0.717) is 5.92 Å². The molecule has 3 nitrogen and oxygen atoms in total. The van der Waals surface area contributed by atoms with Crippen molar-refractivity contribution in [1.29, 1.82) is 0 Å². The quantitative estimate of drug-likeness (QED) is 0.869. The number of nitrogens with zero attached hydrogens (tertiary/aromatic N) is 1. The highest BCUT2D eigenvalue weighted by atomic mass is 35.5. The summed E-state index contributed by atoms with van der Waals surface area (Å²) in [6.45, 7) is 2.67. The Morgan fingerprint density at radius 2 is 2.39 bits per heavy atom. The van der Waals surface area contributed by atoms with E-state index in [-0.39, 0.29) is 0 Å². The number of hydrogen-bond donors (Lipinski definition) is 1. The van der Waals surface area contributed by atoms with Gasteiger partial charge in [-0.3, -0.25) is 0 Å². The summed E-state index contributed by atoms with van der Waals surface area (Å²) in [5.74, 6) is 0.652. The molecule has 1 aromatic heterocycles. The fourth-order valence-corrected chi connectivity index (χ4v) is 3.08. The summed E-state index contributed by atoms with van der Waals surface area (Å²) in [6, 6.07) is 5.85. The van der Waals surface area contributed by atoms with Gasteiger partial charge in [0.25, 0.3) is 0 Å². The summed E-state index contributed by atoms with van der Waals surface area (Å²) < 4.78 is 8.25. The zero-order valence-electron chi connectivity index (χ0n) is 9.99. The number of imidazole rings is 1. The van der Waals surface area contributed by atoms with Gasteiger partial charge in [0, 0.05) is 19.8 Å². The number of aromatic nitrogens is 2. The van der Waals surface area contributed by atoms with Crippen molar-refractivity contribution in [3.63, 3.8) is 0 Å². The lowest BCUT2D eigenvalue weighted by atomic mass is 10.1. The van der Waals surface area contributed by atoms with Crippen molar-refractivity contribution in [2.75, 3.05) is 13.2 Å². The lowest BCUT2D eigenvalue weighted by Gasteiger charge is -2.09. The third-order valence-electron chi connectivity index (χ3n) is 3.53. The first-order chi connectivity index (χ1) is 8.75. The molecule has 1 aliphatic heterocycles. The molecule has 0 amide bonds. The third kappa shape index (κ3) is 2.20. The summed E-state index contributed by atoms with van der Waals surface area (Å²) >= 11 is 11.6. The molecule has 0 bridgehead atoms. The lowest BCUT2D eigenvalue weighted by Crippen LogP contribution is -2.06. The van der Waals surface area contributed by atoms with E-state index in [9.17, 15) is 0 Å². The molecular formula is C13H15ClN2OS. The van der Waals surface area contributed by atoms with Gasteiger partial charge in [0.1, 0.15) is 0 Å². The molecule has 96 valence electrons. The number of aryl methyl sites for hydroxylation is 1. The average molecular weight is 283 g/mol. The smallest absolute Gasteiger partial charge is 0.178 e. The Morgan fingerprint density at radius 3 is 3.17 bits per heavy atom. The summed E-state index contributed by atoms with van der Waals surface area (Å²) in [6.07, 6.45) is 2.25. The number of para-hydroxylation sites is 1. The van der Waals surface area contributed by atoms with Gasteiger partial charge in [0.2, 0.25) is 0 Å². The van der Waals surface area contributed by atoms with Crippen LogP contribution >= 0.6 is 23.8 Å². The van der Waals surface area contributed by atoms with Crippen molar-refractivity contribution in [3.8, 4) is 0 Å². The fraction of sp³-hybridized carbons (Fsp3) is 0.462. The van der Waals surface area contributed by atoms with Gasteiger partial charge >= 0.3 is 0 Å². The van der Waals surface area contributed by atoms with E-state index in [0.717, 1.165) is 53.4 Å². The number of aromatic amines is 1. The zero-order chi connectivity index (χ0) is 12.5. The summed E-state index contributed by atoms with van der Waals surface area (Å²) in [4.78, 5) is 3.21. The third-order valence-corrected chi connectivity index (χ3v) is 4.16. The Balaban J connectivity index is 1.90. The van der Waals surface area contributed by atoms with Crippen LogP contribution in [-0.4, -0.2) is 22.8 Å². The van der Waals surface area contributed by atoms with Crippen LogP contribution < -0.4 is 0 Å². The molecular weight excluding hydrogens is 268 g/mol. The maximum absolute atomic E-state index is 6.26. The maximum atomic E-state index is 6.26. The van der Waals surface area contributed by atoms with Crippen LogP contribution in [0.15, 0.2) is 18.2 Å². The van der Waals surface area contributed by atoms with Crippen molar-refractivity contribution >= 4 is 34.9 Å². The molecule has 2 aromatic rings. The summed E-state index contributed by atoms with van der Waals surface area (Å²) in [5.41, 5.74) is 2.03. The van der Waals surface area contributed by atoms with Gasteiger partial charge in [-0.2, -0.15) is 0 Å². The van der Waals surface area contributed by atoms with Gasteiger partial charge in [-0.1, -0.05) is 17.7 Å². The molecule has 1 fully saturated rings. The molecule has 1 unspecified atom stereocenters. The Morgan fingerprint density at radius 1 is 1.50 bits per heavy atom. The van der Waals surface area contributed by atoms with E-state index in [2.05, 4.69) is 9.55 Å². The zero-order valence-corrected chi connectivity index (χ0v) is 11.6. The van der Waals surface area contributed by atoms with E-state index in [1.54, 1.807) is 0 Å². The Hall–Kier alpha value is -0.840. The SMILES string of the molecule is S=c1[nH]c2cccc(Cl)c2n1CCC1CCOC1. The topological polar surface area (TPSA) is 29.9 Å². The van der Waals surface area contributed by atoms with Crippen molar-refractivity contribution < 1.29 is 4.74 Å². The molecule has 2 heterocycles. The molecule has 1 aromatic carbocycles. The first-order valence-corrected chi connectivity index (χ1v) is 6.99. The van der Waals surface area contributed by atoms with Gasteiger partial charge in [-0.15, -0.1) is 0 Å². The van der Waals surface area contributed by atoms with E-state index in [1.165, 1.54) is 0 Å².